The standard InChI is InChI=1S/C19H25ClN2O2/c20-16-3-1-2-15(12-16)18(23)22-6-4-19(5-7-22)13-17(14-19)21-8-10-24-11-9-21/h1-3,12,17H,4-11,13-14H2. The van der Waals surface area contributed by atoms with Crippen LogP contribution in [-0.2, 0) is 4.74 Å². The second-order valence-electron chi connectivity index (χ2n) is 7.51. The molecule has 1 aromatic rings. The van der Waals surface area contributed by atoms with E-state index >= 15 is 0 Å². The van der Waals surface area contributed by atoms with E-state index in [1.807, 2.05) is 23.1 Å². The molecule has 1 saturated carbocycles. The van der Waals surface area contributed by atoms with Crippen molar-refractivity contribution in [2.45, 2.75) is 31.7 Å². The van der Waals surface area contributed by atoms with Crippen LogP contribution >= 0.6 is 11.6 Å². The van der Waals surface area contributed by atoms with Crippen molar-refractivity contribution < 1.29 is 9.53 Å². The fourth-order valence-corrected chi connectivity index (χ4v) is 4.73. The number of ether oxygens (including phenoxy) is 1. The molecule has 130 valence electrons. The Hall–Kier alpha value is -1.10. The van der Waals surface area contributed by atoms with E-state index in [9.17, 15) is 4.79 Å². The van der Waals surface area contributed by atoms with Crippen molar-refractivity contribution in [3.05, 3.63) is 34.9 Å². The summed E-state index contributed by atoms with van der Waals surface area (Å²) < 4.78 is 5.45. The minimum absolute atomic E-state index is 0.122. The van der Waals surface area contributed by atoms with E-state index in [0.717, 1.165) is 58.3 Å². The van der Waals surface area contributed by atoms with Gasteiger partial charge in [-0.2, -0.15) is 0 Å². The highest BCUT2D eigenvalue weighted by atomic mass is 35.5. The van der Waals surface area contributed by atoms with Crippen LogP contribution in [0.1, 0.15) is 36.0 Å². The van der Waals surface area contributed by atoms with E-state index in [-0.39, 0.29) is 5.91 Å². The van der Waals surface area contributed by atoms with Gasteiger partial charge in [0.15, 0.2) is 0 Å². The van der Waals surface area contributed by atoms with Crippen molar-refractivity contribution in [1.29, 1.82) is 0 Å². The second kappa shape index (κ2) is 6.66. The Morgan fingerprint density at radius 2 is 1.83 bits per heavy atom. The van der Waals surface area contributed by atoms with Crippen LogP contribution in [0.5, 0.6) is 0 Å². The quantitative estimate of drug-likeness (QED) is 0.823. The van der Waals surface area contributed by atoms with Gasteiger partial charge in [-0.15, -0.1) is 0 Å². The first-order valence-electron chi connectivity index (χ1n) is 9.02. The van der Waals surface area contributed by atoms with E-state index in [1.54, 1.807) is 6.07 Å². The van der Waals surface area contributed by atoms with E-state index in [2.05, 4.69) is 4.90 Å². The lowest BCUT2D eigenvalue weighted by Crippen LogP contribution is -2.57. The van der Waals surface area contributed by atoms with Gasteiger partial charge in [0, 0.05) is 42.8 Å². The van der Waals surface area contributed by atoms with Gasteiger partial charge >= 0.3 is 0 Å². The number of nitrogens with zero attached hydrogens (tertiary/aromatic N) is 2. The molecular formula is C19H25ClN2O2. The van der Waals surface area contributed by atoms with Gasteiger partial charge in [0.1, 0.15) is 0 Å². The maximum atomic E-state index is 12.6. The molecule has 1 aliphatic carbocycles. The highest BCUT2D eigenvalue weighted by Gasteiger charge is 2.48. The van der Waals surface area contributed by atoms with Crippen molar-refractivity contribution in [2.75, 3.05) is 39.4 Å². The number of morpholine rings is 1. The van der Waals surface area contributed by atoms with Crippen LogP contribution in [0.25, 0.3) is 0 Å². The molecule has 5 heteroatoms. The monoisotopic (exact) mass is 348 g/mol. The summed E-state index contributed by atoms with van der Waals surface area (Å²) in [5.41, 5.74) is 1.19. The number of carbonyl (C=O) groups excluding carboxylic acids is 1. The van der Waals surface area contributed by atoms with Crippen LogP contribution in [-0.4, -0.2) is 61.1 Å². The molecule has 2 heterocycles. The Kier molecular flexibility index (Phi) is 4.54. The second-order valence-corrected chi connectivity index (χ2v) is 7.95. The van der Waals surface area contributed by atoms with E-state index in [1.165, 1.54) is 12.8 Å². The zero-order chi connectivity index (χ0) is 16.6. The van der Waals surface area contributed by atoms with Gasteiger partial charge < -0.3 is 9.64 Å². The summed E-state index contributed by atoms with van der Waals surface area (Å²) in [6.45, 7) is 5.68. The first-order chi connectivity index (χ1) is 11.7. The number of likely N-dealkylation sites (tertiary alicyclic amines) is 1. The number of benzene rings is 1. The Bertz CT molecular complexity index is 599. The topological polar surface area (TPSA) is 32.8 Å². The third-order valence-electron chi connectivity index (χ3n) is 6.08. The molecule has 3 aliphatic rings. The minimum atomic E-state index is 0.122. The predicted molar refractivity (Wildman–Crippen MR) is 94.4 cm³/mol. The number of hydrogen-bond donors (Lipinski definition) is 0. The van der Waals surface area contributed by atoms with Gasteiger partial charge in [-0.1, -0.05) is 17.7 Å². The van der Waals surface area contributed by atoms with Gasteiger partial charge in [0.05, 0.1) is 13.2 Å². The maximum Gasteiger partial charge on any atom is 0.253 e. The van der Waals surface area contributed by atoms with Crippen molar-refractivity contribution in [1.82, 2.24) is 9.80 Å². The van der Waals surface area contributed by atoms with Crippen LogP contribution in [0.4, 0.5) is 0 Å². The molecule has 3 fully saturated rings. The van der Waals surface area contributed by atoms with Gasteiger partial charge in [0.25, 0.3) is 5.91 Å². The van der Waals surface area contributed by atoms with Crippen molar-refractivity contribution >= 4 is 17.5 Å². The molecule has 24 heavy (non-hydrogen) atoms. The number of carbonyl (C=O) groups is 1. The Labute approximate surface area is 148 Å². The summed E-state index contributed by atoms with van der Waals surface area (Å²) in [6, 6.07) is 8.02. The van der Waals surface area contributed by atoms with Gasteiger partial charge in [-0.3, -0.25) is 9.69 Å². The van der Waals surface area contributed by atoms with Gasteiger partial charge in [-0.25, -0.2) is 0 Å². The van der Waals surface area contributed by atoms with Crippen LogP contribution in [0.3, 0.4) is 0 Å². The molecular weight excluding hydrogens is 324 g/mol. The summed E-state index contributed by atoms with van der Waals surface area (Å²) in [4.78, 5) is 17.2. The minimum Gasteiger partial charge on any atom is -0.379 e. The number of rotatable bonds is 2. The molecule has 2 saturated heterocycles. The van der Waals surface area contributed by atoms with Crippen molar-refractivity contribution in [3.8, 4) is 0 Å². The summed E-state index contributed by atoms with van der Waals surface area (Å²) in [5.74, 6) is 0.122. The highest BCUT2D eigenvalue weighted by Crippen LogP contribution is 2.51. The molecule has 0 atom stereocenters. The molecule has 1 spiro atoms. The Morgan fingerprint density at radius 1 is 1.12 bits per heavy atom. The van der Waals surface area contributed by atoms with E-state index < -0.39 is 0 Å². The van der Waals surface area contributed by atoms with Gasteiger partial charge in [0.2, 0.25) is 0 Å². The lowest BCUT2D eigenvalue weighted by molar-refractivity contribution is -0.0703. The zero-order valence-corrected chi connectivity index (χ0v) is 14.8. The fourth-order valence-electron chi connectivity index (χ4n) is 4.54. The first kappa shape index (κ1) is 16.4. The van der Waals surface area contributed by atoms with Gasteiger partial charge in [-0.05, 0) is 49.3 Å². The zero-order valence-electron chi connectivity index (χ0n) is 14.0. The summed E-state index contributed by atoms with van der Waals surface area (Å²) in [5, 5.41) is 0.627. The average molecular weight is 349 g/mol. The summed E-state index contributed by atoms with van der Waals surface area (Å²) in [7, 11) is 0. The Balaban J connectivity index is 1.30. The lowest BCUT2D eigenvalue weighted by Gasteiger charge is -2.55. The van der Waals surface area contributed by atoms with Crippen LogP contribution < -0.4 is 0 Å². The number of halogens is 1. The molecule has 1 amide bonds. The molecule has 0 unspecified atom stereocenters. The number of hydrogen-bond acceptors (Lipinski definition) is 3. The fraction of sp³-hybridized carbons (Fsp3) is 0.632. The largest absolute Gasteiger partial charge is 0.379 e. The van der Waals surface area contributed by atoms with Crippen LogP contribution in [0.15, 0.2) is 24.3 Å². The predicted octanol–water partition coefficient (Wildman–Crippen LogP) is 3.06. The van der Waals surface area contributed by atoms with Crippen LogP contribution in [0.2, 0.25) is 5.02 Å². The number of piperidine rings is 1. The third-order valence-corrected chi connectivity index (χ3v) is 6.32. The molecule has 4 nitrogen and oxygen atoms in total. The summed E-state index contributed by atoms with van der Waals surface area (Å²) in [6.07, 6.45) is 4.87. The molecule has 0 N–H and O–H groups in total. The maximum absolute atomic E-state index is 12.6. The Morgan fingerprint density at radius 3 is 2.50 bits per heavy atom. The lowest BCUT2D eigenvalue weighted by atomic mass is 9.60. The summed E-state index contributed by atoms with van der Waals surface area (Å²) >= 11 is 6.01. The van der Waals surface area contributed by atoms with Crippen molar-refractivity contribution in [3.63, 3.8) is 0 Å². The first-order valence-corrected chi connectivity index (χ1v) is 9.40. The SMILES string of the molecule is O=C(c1cccc(Cl)c1)N1CCC2(CC1)CC(N1CCOCC1)C2. The van der Waals surface area contributed by atoms with E-state index in [0.29, 0.717) is 16.0 Å². The normalized spacial score (nSPS) is 24.8. The molecule has 0 bridgehead atoms. The average Bonchev–Trinajstić information content (AvgIpc) is 2.60. The smallest absolute Gasteiger partial charge is 0.253 e. The van der Waals surface area contributed by atoms with Crippen LogP contribution in [0, 0.1) is 5.41 Å². The highest BCUT2D eigenvalue weighted by molar-refractivity contribution is 6.30. The molecule has 0 radical (unpaired) electrons. The molecule has 2 aliphatic heterocycles. The molecule has 1 aromatic carbocycles. The molecule has 0 aromatic heterocycles. The van der Waals surface area contributed by atoms with E-state index in [4.69, 9.17) is 16.3 Å². The molecule has 4 rings (SSSR count). The third kappa shape index (κ3) is 3.19. The van der Waals surface area contributed by atoms with Crippen molar-refractivity contribution in [2.24, 2.45) is 5.41 Å². The number of amides is 1.